The van der Waals surface area contributed by atoms with Gasteiger partial charge in [0.25, 0.3) is 0 Å². The molecule has 0 heterocycles. The van der Waals surface area contributed by atoms with Gasteiger partial charge in [-0.3, -0.25) is 9.79 Å². The highest BCUT2D eigenvalue weighted by atomic mass is 31.2. The summed E-state index contributed by atoms with van der Waals surface area (Å²) in [6.07, 6.45) is 0.564. The second-order valence-electron chi connectivity index (χ2n) is 3.05. The summed E-state index contributed by atoms with van der Waals surface area (Å²) in [6.45, 7) is 1.82. The van der Waals surface area contributed by atoms with Gasteiger partial charge in [0.2, 0.25) is 0 Å². The fourth-order valence-electron chi connectivity index (χ4n) is 1.19. The standard InChI is InChI=1S/C8H12O7P2/c1-2-6-3-4-7(15-17(11,12)13)5-8(6)14-16(9)10/h3-5,9-10H,2H2,1H3,(H2,11,12,13). The van der Waals surface area contributed by atoms with Crippen LogP contribution in [0.4, 0.5) is 0 Å². The lowest BCUT2D eigenvalue weighted by atomic mass is 10.1. The number of phosphoric acid groups is 1. The molecule has 0 aliphatic carbocycles. The molecule has 96 valence electrons. The van der Waals surface area contributed by atoms with Crippen molar-refractivity contribution in [3.63, 3.8) is 0 Å². The van der Waals surface area contributed by atoms with Crippen molar-refractivity contribution >= 4 is 16.4 Å². The maximum Gasteiger partial charge on any atom is 0.524 e. The Morgan fingerprint density at radius 1 is 1.35 bits per heavy atom. The van der Waals surface area contributed by atoms with Gasteiger partial charge in [0.1, 0.15) is 11.5 Å². The topological polar surface area (TPSA) is 116 Å². The Hall–Kier alpha value is -0.680. The summed E-state index contributed by atoms with van der Waals surface area (Å²) in [4.78, 5) is 34.8. The van der Waals surface area contributed by atoms with Gasteiger partial charge < -0.3 is 18.8 Å². The molecule has 1 rings (SSSR count). The van der Waals surface area contributed by atoms with E-state index < -0.39 is 16.4 Å². The Balaban J connectivity index is 3.00. The Morgan fingerprint density at radius 2 is 2.00 bits per heavy atom. The number of phosphoric ester groups is 1. The maximum absolute atomic E-state index is 10.6. The number of rotatable bonds is 5. The van der Waals surface area contributed by atoms with E-state index in [0.717, 1.165) is 0 Å². The van der Waals surface area contributed by atoms with Crippen LogP contribution in [-0.2, 0) is 11.0 Å². The van der Waals surface area contributed by atoms with Crippen molar-refractivity contribution in [2.45, 2.75) is 13.3 Å². The van der Waals surface area contributed by atoms with Gasteiger partial charge in [-0.05, 0) is 18.1 Å². The fourth-order valence-corrected chi connectivity index (χ4v) is 1.93. The number of hydrogen-bond acceptors (Lipinski definition) is 5. The Morgan fingerprint density at radius 3 is 2.47 bits per heavy atom. The molecule has 17 heavy (non-hydrogen) atoms. The third-order valence-electron chi connectivity index (χ3n) is 1.82. The predicted octanol–water partition coefficient (Wildman–Crippen LogP) is 1.31. The van der Waals surface area contributed by atoms with E-state index in [0.29, 0.717) is 12.0 Å². The molecule has 0 aromatic heterocycles. The van der Waals surface area contributed by atoms with Crippen molar-refractivity contribution in [1.29, 1.82) is 0 Å². The smallest absolute Gasteiger partial charge is 0.427 e. The summed E-state index contributed by atoms with van der Waals surface area (Å²) in [7, 11) is -7.23. The first-order valence-electron chi connectivity index (χ1n) is 4.55. The van der Waals surface area contributed by atoms with E-state index in [-0.39, 0.29) is 11.5 Å². The van der Waals surface area contributed by atoms with Gasteiger partial charge in [-0.25, -0.2) is 4.57 Å². The lowest BCUT2D eigenvalue weighted by Crippen LogP contribution is -1.94. The van der Waals surface area contributed by atoms with Crippen LogP contribution in [-0.4, -0.2) is 19.6 Å². The molecule has 9 heteroatoms. The Labute approximate surface area is 98.9 Å². The zero-order valence-electron chi connectivity index (χ0n) is 8.85. The van der Waals surface area contributed by atoms with Crippen molar-refractivity contribution in [3.05, 3.63) is 23.8 Å². The first kappa shape index (κ1) is 14.4. The van der Waals surface area contributed by atoms with Gasteiger partial charge in [0.15, 0.2) is 0 Å². The highest BCUT2D eigenvalue weighted by Crippen LogP contribution is 2.41. The fraction of sp³-hybridized carbons (Fsp3) is 0.250. The predicted molar refractivity (Wildman–Crippen MR) is 60.5 cm³/mol. The normalized spacial score (nSPS) is 11.6. The molecule has 1 aromatic rings. The molecule has 0 radical (unpaired) electrons. The van der Waals surface area contributed by atoms with Crippen molar-refractivity contribution in [2.24, 2.45) is 0 Å². The minimum Gasteiger partial charge on any atom is -0.427 e. The second-order valence-corrected chi connectivity index (χ2v) is 4.90. The zero-order valence-corrected chi connectivity index (χ0v) is 10.6. The number of aryl methyl sites for hydroxylation is 1. The number of benzene rings is 1. The van der Waals surface area contributed by atoms with E-state index >= 15 is 0 Å². The Kier molecular flexibility index (Phi) is 4.89. The second kappa shape index (κ2) is 5.78. The van der Waals surface area contributed by atoms with E-state index in [4.69, 9.17) is 24.1 Å². The first-order chi connectivity index (χ1) is 7.81. The van der Waals surface area contributed by atoms with Crippen LogP contribution in [0.5, 0.6) is 11.5 Å². The summed E-state index contributed by atoms with van der Waals surface area (Å²) >= 11 is 0. The zero-order chi connectivity index (χ0) is 13.1. The molecular formula is C8H12O7P2. The average Bonchev–Trinajstić information content (AvgIpc) is 2.14. The van der Waals surface area contributed by atoms with Gasteiger partial charge >= 0.3 is 16.4 Å². The van der Waals surface area contributed by atoms with Gasteiger partial charge in [0, 0.05) is 6.07 Å². The third kappa shape index (κ3) is 5.00. The Bertz CT molecular complexity index is 428. The molecule has 0 fully saturated rings. The molecule has 0 spiro atoms. The van der Waals surface area contributed by atoms with Crippen molar-refractivity contribution in [1.82, 2.24) is 0 Å². The molecule has 0 atom stereocenters. The van der Waals surface area contributed by atoms with E-state index in [9.17, 15) is 4.57 Å². The average molecular weight is 282 g/mol. The quantitative estimate of drug-likeness (QED) is 0.601. The van der Waals surface area contributed by atoms with Crippen LogP contribution in [0.3, 0.4) is 0 Å². The monoisotopic (exact) mass is 282 g/mol. The van der Waals surface area contributed by atoms with Crippen LogP contribution >= 0.6 is 16.4 Å². The first-order valence-corrected chi connectivity index (χ1v) is 7.25. The summed E-state index contributed by atoms with van der Waals surface area (Å²) < 4.78 is 19.7. The summed E-state index contributed by atoms with van der Waals surface area (Å²) in [5, 5.41) is 0. The van der Waals surface area contributed by atoms with E-state index in [2.05, 4.69) is 4.52 Å². The SMILES string of the molecule is CCc1ccc(OP(=O)(O)O)cc1OP(O)O. The molecule has 0 aliphatic heterocycles. The molecule has 0 bridgehead atoms. The third-order valence-corrected chi connectivity index (χ3v) is 2.63. The molecule has 1 aromatic carbocycles. The van der Waals surface area contributed by atoms with Crippen LogP contribution < -0.4 is 9.05 Å². The van der Waals surface area contributed by atoms with Crippen molar-refractivity contribution in [3.8, 4) is 11.5 Å². The van der Waals surface area contributed by atoms with Gasteiger partial charge in [-0.1, -0.05) is 13.0 Å². The van der Waals surface area contributed by atoms with Crippen molar-refractivity contribution in [2.75, 3.05) is 0 Å². The highest BCUT2D eigenvalue weighted by molar-refractivity contribution is 7.46. The summed E-state index contributed by atoms with van der Waals surface area (Å²) in [6, 6.07) is 4.08. The molecule has 4 N–H and O–H groups in total. The highest BCUT2D eigenvalue weighted by Gasteiger charge is 2.17. The van der Waals surface area contributed by atoms with Crippen LogP contribution in [0.1, 0.15) is 12.5 Å². The van der Waals surface area contributed by atoms with Crippen LogP contribution in [0, 0.1) is 0 Å². The molecule has 0 aliphatic rings. The van der Waals surface area contributed by atoms with Gasteiger partial charge in [-0.2, -0.15) is 0 Å². The van der Waals surface area contributed by atoms with Gasteiger partial charge in [0.05, 0.1) is 0 Å². The maximum atomic E-state index is 10.6. The molecule has 0 amide bonds. The molecule has 0 saturated heterocycles. The lowest BCUT2D eigenvalue weighted by Gasteiger charge is -2.12. The van der Waals surface area contributed by atoms with Crippen LogP contribution in [0.25, 0.3) is 0 Å². The summed E-state index contributed by atoms with van der Waals surface area (Å²) in [5.41, 5.74) is 0.665. The van der Waals surface area contributed by atoms with Crippen molar-refractivity contribution < 1.29 is 33.2 Å². The molecule has 0 saturated carbocycles. The van der Waals surface area contributed by atoms with Crippen LogP contribution in [0.2, 0.25) is 0 Å². The molecule has 0 unspecified atom stereocenters. The lowest BCUT2D eigenvalue weighted by molar-refractivity contribution is 0.283. The largest absolute Gasteiger partial charge is 0.524 e. The molecule has 7 nitrogen and oxygen atoms in total. The minimum absolute atomic E-state index is 0.109. The van der Waals surface area contributed by atoms with E-state index in [1.165, 1.54) is 18.2 Å². The van der Waals surface area contributed by atoms with E-state index in [1.807, 2.05) is 6.92 Å². The van der Waals surface area contributed by atoms with Crippen LogP contribution in [0.15, 0.2) is 18.2 Å². The van der Waals surface area contributed by atoms with Gasteiger partial charge in [-0.15, -0.1) is 0 Å². The minimum atomic E-state index is -4.64. The van der Waals surface area contributed by atoms with E-state index in [1.54, 1.807) is 0 Å². The number of hydrogen-bond donors (Lipinski definition) is 4. The molecular weight excluding hydrogens is 270 g/mol. The summed E-state index contributed by atoms with van der Waals surface area (Å²) in [5.74, 6) is 0.0111.